The zero-order chi connectivity index (χ0) is 59.8. The van der Waals surface area contributed by atoms with E-state index in [2.05, 4.69) is 328 Å². The van der Waals surface area contributed by atoms with E-state index in [0.717, 1.165) is 17.1 Å². The Morgan fingerprint density at radius 3 is 1.14 bits per heavy atom. The van der Waals surface area contributed by atoms with Gasteiger partial charge in [-0.3, -0.25) is 0 Å². The van der Waals surface area contributed by atoms with Crippen molar-refractivity contribution < 1.29 is 0 Å². The minimum Gasteiger partial charge on any atom is -0.309 e. The Bertz CT molecular complexity index is 4410. The molecule has 0 radical (unpaired) electrons. The molecule has 424 valence electrons. The summed E-state index contributed by atoms with van der Waals surface area (Å²) < 4.78 is 2.49. The molecule has 2 nitrogen and oxygen atoms in total. The lowest BCUT2D eigenvalue weighted by atomic mass is 9.78. The lowest BCUT2D eigenvalue weighted by molar-refractivity contribution is 0.568. The van der Waals surface area contributed by atoms with Crippen LogP contribution in [0.15, 0.2) is 194 Å². The van der Waals surface area contributed by atoms with Gasteiger partial charge in [0.1, 0.15) is 0 Å². The van der Waals surface area contributed by atoms with Crippen LogP contribution in [0.5, 0.6) is 0 Å². The van der Waals surface area contributed by atoms with Crippen LogP contribution in [0.1, 0.15) is 158 Å². The molecule has 1 aromatic heterocycles. The summed E-state index contributed by atoms with van der Waals surface area (Å²) in [6, 6.07) is 75.6. The second kappa shape index (κ2) is 19.8. The van der Waals surface area contributed by atoms with Crippen molar-refractivity contribution in [3.63, 3.8) is 0 Å². The maximum atomic E-state index is 2.65. The highest BCUT2D eigenvalue weighted by atomic mass is 15.1. The van der Waals surface area contributed by atoms with E-state index in [0.29, 0.717) is 0 Å². The summed E-state index contributed by atoms with van der Waals surface area (Å²) in [5, 5.41) is 9.99. The van der Waals surface area contributed by atoms with Crippen molar-refractivity contribution in [2.45, 2.75) is 157 Å². The van der Waals surface area contributed by atoms with Crippen LogP contribution in [0.3, 0.4) is 0 Å². The molecular weight excluding hydrogens is 1010 g/mol. The molecule has 0 saturated heterocycles. The molecule has 12 aromatic rings. The second-order valence-corrected chi connectivity index (χ2v) is 30.4. The number of nitrogens with zero attached hydrogens (tertiary/aromatic N) is 2. The molecule has 0 aliphatic heterocycles. The van der Waals surface area contributed by atoms with Gasteiger partial charge < -0.3 is 9.47 Å². The molecule has 0 aliphatic carbocycles. The Morgan fingerprint density at radius 2 is 0.655 bits per heavy atom. The number of fused-ring (bicyclic) bond motifs is 3. The van der Waals surface area contributed by atoms with Crippen molar-refractivity contribution in [3.8, 4) is 39.1 Å². The minimum atomic E-state index is -0.115. The maximum Gasteiger partial charge on any atom is 0.0541 e. The summed E-state index contributed by atoms with van der Waals surface area (Å²) in [6.45, 7) is 42.2. The fraction of sp³-hybridized carbons (Fsp3) is 0.293. The van der Waals surface area contributed by atoms with Gasteiger partial charge in [-0.1, -0.05) is 264 Å². The van der Waals surface area contributed by atoms with Crippen molar-refractivity contribution in [1.29, 1.82) is 0 Å². The molecular formula is C82H86N2. The third kappa shape index (κ3) is 10.1. The van der Waals surface area contributed by atoms with Crippen LogP contribution in [0.25, 0.3) is 93.2 Å². The van der Waals surface area contributed by atoms with Gasteiger partial charge in [0.25, 0.3) is 0 Å². The molecule has 0 aliphatic rings. The van der Waals surface area contributed by atoms with E-state index < -0.39 is 0 Å². The summed E-state index contributed by atoms with van der Waals surface area (Å²) in [5.41, 5.74) is 21.9. The maximum absolute atomic E-state index is 2.65. The van der Waals surface area contributed by atoms with E-state index in [1.807, 2.05) is 0 Å². The summed E-state index contributed by atoms with van der Waals surface area (Å²) in [6.07, 6.45) is 0. The molecule has 0 N–H and O–H groups in total. The molecule has 84 heavy (non-hydrogen) atoms. The third-order valence-corrected chi connectivity index (χ3v) is 18.0. The smallest absolute Gasteiger partial charge is 0.0541 e. The molecule has 2 heteroatoms. The zero-order valence-corrected chi connectivity index (χ0v) is 53.4. The van der Waals surface area contributed by atoms with Gasteiger partial charge in [0.05, 0.1) is 33.8 Å². The number of benzene rings is 11. The first-order valence-electron chi connectivity index (χ1n) is 30.7. The van der Waals surface area contributed by atoms with Crippen LogP contribution in [0.2, 0.25) is 0 Å². The monoisotopic (exact) mass is 1100 g/mol. The number of hydrogen-bond donors (Lipinski definition) is 0. The molecule has 0 fully saturated rings. The summed E-state index contributed by atoms with van der Waals surface area (Å²) >= 11 is 0. The van der Waals surface area contributed by atoms with Gasteiger partial charge in [0.2, 0.25) is 0 Å². The second-order valence-electron chi connectivity index (χ2n) is 30.4. The average Bonchev–Trinajstić information content (AvgIpc) is 1.21. The van der Waals surface area contributed by atoms with Gasteiger partial charge in [-0.2, -0.15) is 0 Å². The summed E-state index contributed by atoms with van der Waals surface area (Å²) in [5.74, 6) is 0. The molecule has 0 spiro atoms. The average molecular weight is 1100 g/mol. The molecule has 0 bridgehead atoms. The Labute approximate surface area is 501 Å². The lowest BCUT2D eigenvalue weighted by Gasteiger charge is -2.34. The van der Waals surface area contributed by atoms with E-state index >= 15 is 0 Å². The first-order valence-corrected chi connectivity index (χ1v) is 30.7. The summed E-state index contributed by atoms with van der Waals surface area (Å²) in [4.78, 5) is 2.65. The van der Waals surface area contributed by atoms with E-state index in [-0.39, 0.29) is 32.5 Å². The fourth-order valence-electron chi connectivity index (χ4n) is 12.8. The van der Waals surface area contributed by atoms with Crippen LogP contribution < -0.4 is 4.90 Å². The quantitative estimate of drug-likeness (QED) is 0.144. The normalized spacial score (nSPS) is 13.1. The molecule has 0 atom stereocenters. The van der Waals surface area contributed by atoms with Gasteiger partial charge in [-0.15, -0.1) is 0 Å². The van der Waals surface area contributed by atoms with Crippen molar-refractivity contribution in [3.05, 3.63) is 228 Å². The van der Waals surface area contributed by atoms with Gasteiger partial charge in [-0.25, -0.2) is 0 Å². The highest BCUT2D eigenvalue weighted by Crippen LogP contribution is 2.52. The Balaban J connectivity index is 1.20. The number of anilines is 3. The van der Waals surface area contributed by atoms with Crippen LogP contribution >= 0.6 is 0 Å². The van der Waals surface area contributed by atoms with Crippen molar-refractivity contribution in [1.82, 2.24) is 4.57 Å². The molecule has 11 aromatic carbocycles. The number of hydrogen-bond acceptors (Lipinski definition) is 1. The van der Waals surface area contributed by atoms with Crippen molar-refractivity contribution in [2.24, 2.45) is 0 Å². The summed E-state index contributed by atoms with van der Waals surface area (Å²) in [7, 11) is 0. The van der Waals surface area contributed by atoms with Crippen LogP contribution in [0.4, 0.5) is 17.1 Å². The van der Waals surface area contributed by atoms with Crippen LogP contribution in [-0.2, 0) is 32.5 Å². The van der Waals surface area contributed by atoms with E-state index in [1.165, 1.54) is 127 Å². The first kappa shape index (κ1) is 56.5. The largest absolute Gasteiger partial charge is 0.309 e. The van der Waals surface area contributed by atoms with Gasteiger partial charge >= 0.3 is 0 Å². The predicted octanol–water partition coefficient (Wildman–Crippen LogP) is 23.9. The first-order chi connectivity index (χ1) is 39.4. The number of rotatable bonds is 7. The number of aromatic nitrogens is 1. The molecule has 1 heterocycles. The van der Waals surface area contributed by atoms with E-state index in [1.54, 1.807) is 0 Å². The zero-order valence-electron chi connectivity index (χ0n) is 53.4. The highest BCUT2D eigenvalue weighted by molar-refractivity contribution is 6.28. The Kier molecular flexibility index (Phi) is 13.4. The minimum absolute atomic E-state index is 0.0180. The fourth-order valence-corrected chi connectivity index (χ4v) is 12.8. The predicted molar refractivity (Wildman–Crippen MR) is 368 cm³/mol. The van der Waals surface area contributed by atoms with Crippen LogP contribution in [0, 0.1) is 0 Å². The third-order valence-electron chi connectivity index (χ3n) is 18.0. The SMILES string of the molecule is CC(C)(C)c1cc(-c2cccc(-c3cc(C(C)(C)C)ccc3N(c3ccc(C(C)(C)C)cc3-c3cc(C(C)(C)C)cc(C(C)(C)C)c3)c3ccc4ccc5c(-n6c7ccccc7c7ccccc76)ccc6ccc3c4c65)c2)cc(C(C)(C)C)c1. The molecule has 0 unspecified atom stereocenters. The topological polar surface area (TPSA) is 8.17 Å². The van der Waals surface area contributed by atoms with Crippen LogP contribution in [-0.4, -0.2) is 4.57 Å². The molecule has 0 saturated carbocycles. The van der Waals surface area contributed by atoms with Crippen molar-refractivity contribution >= 4 is 71.2 Å². The van der Waals surface area contributed by atoms with E-state index in [9.17, 15) is 0 Å². The standard InChI is InChI=1S/C82H86N2/c1-77(2,3)57-34-40-73(67(49-57)54-25-23-24-53(42-54)55-43-59(79(7,8)9)47-60(44-55)80(10,11)12)84(74-41-35-58(78(4,5)6)50-68(74)56-45-61(81(13,14)15)48-62(46-56)82(16,17)18)72-39-33-52-30-36-65-71(38-32-51-31-37-66(72)76(52)75(51)65)83-69-28-21-19-26-63(69)64-27-20-22-29-70(64)83/h19-50H,1-18H3. The Morgan fingerprint density at radius 1 is 0.262 bits per heavy atom. The highest BCUT2D eigenvalue weighted by Gasteiger charge is 2.30. The number of para-hydroxylation sites is 2. The Hall–Kier alpha value is -7.94. The van der Waals surface area contributed by atoms with E-state index in [4.69, 9.17) is 0 Å². The van der Waals surface area contributed by atoms with Gasteiger partial charge in [0.15, 0.2) is 0 Å². The van der Waals surface area contributed by atoms with Gasteiger partial charge in [0, 0.05) is 32.7 Å². The molecule has 0 amide bonds. The lowest BCUT2D eigenvalue weighted by Crippen LogP contribution is -2.18. The van der Waals surface area contributed by atoms with Gasteiger partial charge in [-0.05, 0) is 164 Å². The van der Waals surface area contributed by atoms with Crippen molar-refractivity contribution in [2.75, 3.05) is 4.90 Å². The molecule has 12 rings (SSSR count).